The van der Waals surface area contributed by atoms with Crippen molar-refractivity contribution in [3.63, 3.8) is 0 Å². The first-order valence-corrected chi connectivity index (χ1v) is 10.3. The number of nitrogens with zero attached hydrogens (tertiary/aromatic N) is 3. The number of carbonyl (C=O) groups excluding carboxylic acids is 1. The summed E-state index contributed by atoms with van der Waals surface area (Å²) >= 11 is 1.44. The van der Waals surface area contributed by atoms with Crippen LogP contribution in [0.4, 0.5) is 5.13 Å². The number of methoxy groups -OCH3 is 1. The highest BCUT2D eigenvalue weighted by Crippen LogP contribution is 2.32. The third-order valence-electron chi connectivity index (χ3n) is 5.17. The fraction of sp³-hybridized carbons (Fsp3) is 0.333. The van der Waals surface area contributed by atoms with Gasteiger partial charge in [-0.25, -0.2) is 4.98 Å². The number of amides is 1. The molecule has 0 bridgehead atoms. The van der Waals surface area contributed by atoms with Gasteiger partial charge in [0.25, 0.3) is 0 Å². The van der Waals surface area contributed by atoms with Crippen LogP contribution in [0.1, 0.15) is 24.6 Å². The summed E-state index contributed by atoms with van der Waals surface area (Å²) in [7, 11) is 3.70. The predicted molar refractivity (Wildman–Crippen MR) is 112 cm³/mol. The van der Waals surface area contributed by atoms with E-state index in [1.807, 2.05) is 29.6 Å². The molecule has 1 amide bonds. The smallest absolute Gasteiger partial charge is 0.240 e. The van der Waals surface area contributed by atoms with E-state index in [2.05, 4.69) is 45.1 Å². The molecule has 0 unspecified atom stereocenters. The molecule has 1 atom stereocenters. The van der Waals surface area contributed by atoms with Crippen molar-refractivity contribution in [3.8, 4) is 17.0 Å². The number of benzene rings is 1. The Morgan fingerprint density at radius 3 is 2.86 bits per heavy atom. The van der Waals surface area contributed by atoms with Crippen molar-refractivity contribution in [1.29, 1.82) is 0 Å². The molecule has 1 saturated heterocycles. The maximum Gasteiger partial charge on any atom is 0.240 e. The van der Waals surface area contributed by atoms with Crippen molar-refractivity contribution in [2.45, 2.75) is 18.9 Å². The van der Waals surface area contributed by atoms with Gasteiger partial charge in [0.15, 0.2) is 5.13 Å². The Hall–Kier alpha value is -2.64. The minimum Gasteiger partial charge on any atom is -0.497 e. The van der Waals surface area contributed by atoms with Gasteiger partial charge in [0.1, 0.15) is 5.75 Å². The molecule has 2 aromatic heterocycles. The van der Waals surface area contributed by atoms with Crippen LogP contribution in [0.5, 0.6) is 5.75 Å². The van der Waals surface area contributed by atoms with Gasteiger partial charge >= 0.3 is 0 Å². The van der Waals surface area contributed by atoms with E-state index in [0.717, 1.165) is 36.4 Å². The number of rotatable bonds is 6. The molecule has 0 saturated carbocycles. The van der Waals surface area contributed by atoms with E-state index < -0.39 is 0 Å². The number of hydrogen-bond acceptors (Lipinski definition) is 5. The van der Waals surface area contributed by atoms with Gasteiger partial charge in [-0.15, -0.1) is 11.3 Å². The molecule has 4 rings (SSSR count). The highest BCUT2D eigenvalue weighted by Gasteiger charge is 2.29. The topological polar surface area (TPSA) is 59.4 Å². The van der Waals surface area contributed by atoms with Crippen molar-refractivity contribution in [2.75, 3.05) is 25.5 Å². The largest absolute Gasteiger partial charge is 0.497 e. The minimum atomic E-state index is -0.0169. The predicted octanol–water partition coefficient (Wildman–Crippen LogP) is 3.93. The van der Waals surface area contributed by atoms with Crippen molar-refractivity contribution in [2.24, 2.45) is 7.05 Å². The molecule has 1 N–H and O–H groups in total. The number of anilines is 1. The van der Waals surface area contributed by atoms with E-state index in [1.54, 1.807) is 7.11 Å². The van der Waals surface area contributed by atoms with Crippen LogP contribution in [0.15, 0.2) is 48.0 Å². The van der Waals surface area contributed by atoms with Gasteiger partial charge in [0, 0.05) is 29.9 Å². The number of aromatic nitrogens is 2. The summed E-state index contributed by atoms with van der Waals surface area (Å²) in [5.74, 6) is 0.794. The Labute approximate surface area is 168 Å². The summed E-state index contributed by atoms with van der Waals surface area (Å²) in [4.78, 5) is 19.4. The van der Waals surface area contributed by atoms with E-state index in [9.17, 15) is 4.79 Å². The molecule has 1 aliphatic heterocycles. The molecule has 0 radical (unpaired) electrons. The SMILES string of the molecule is COc1ccc(-c2csc(NC(=O)CN3CCC[C@@H]3c3cccn3C)n2)cc1. The average molecular weight is 397 g/mol. The van der Waals surface area contributed by atoms with E-state index >= 15 is 0 Å². The van der Waals surface area contributed by atoms with E-state index in [-0.39, 0.29) is 5.91 Å². The third-order valence-corrected chi connectivity index (χ3v) is 5.93. The molecule has 0 spiro atoms. The molecule has 28 heavy (non-hydrogen) atoms. The molecule has 1 aromatic carbocycles. The molecule has 0 aliphatic carbocycles. The fourth-order valence-electron chi connectivity index (χ4n) is 3.74. The number of likely N-dealkylation sites (tertiary alicyclic amines) is 1. The Kier molecular flexibility index (Phi) is 5.45. The van der Waals surface area contributed by atoms with Gasteiger partial charge in [-0.2, -0.15) is 0 Å². The van der Waals surface area contributed by atoms with Crippen LogP contribution in [0.2, 0.25) is 0 Å². The lowest BCUT2D eigenvalue weighted by Gasteiger charge is -2.24. The van der Waals surface area contributed by atoms with Crippen LogP contribution in [-0.4, -0.2) is 40.6 Å². The van der Waals surface area contributed by atoms with Crippen LogP contribution in [-0.2, 0) is 11.8 Å². The Bertz CT molecular complexity index is 947. The zero-order chi connectivity index (χ0) is 19.5. The molecule has 1 fully saturated rings. The molecule has 3 aromatic rings. The number of aryl methyl sites for hydroxylation is 1. The molecule has 3 heterocycles. The number of nitrogens with one attached hydrogen (secondary N) is 1. The van der Waals surface area contributed by atoms with Gasteiger partial charge in [-0.3, -0.25) is 9.69 Å². The summed E-state index contributed by atoms with van der Waals surface area (Å²) in [6.45, 7) is 1.32. The van der Waals surface area contributed by atoms with Gasteiger partial charge in [0.05, 0.1) is 25.4 Å². The summed E-state index contributed by atoms with van der Waals surface area (Å²) in [6, 6.07) is 12.2. The summed E-state index contributed by atoms with van der Waals surface area (Å²) in [5, 5.41) is 5.55. The van der Waals surface area contributed by atoms with Crippen molar-refractivity contribution >= 4 is 22.4 Å². The standard InChI is InChI=1S/C21H24N4O2S/c1-24-11-3-5-18(24)19-6-4-12-25(19)13-20(26)23-21-22-17(14-28-21)15-7-9-16(27-2)10-8-15/h3,5,7-11,14,19H,4,6,12-13H2,1-2H3,(H,22,23,26)/t19-/m1/s1. The quantitative estimate of drug-likeness (QED) is 0.686. The van der Waals surface area contributed by atoms with Crippen LogP contribution in [0.3, 0.4) is 0 Å². The number of carbonyl (C=O) groups is 1. The summed E-state index contributed by atoms with van der Waals surface area (Å²) in [6.07, 6.45) is 4.26. The van der Waals surface area contributed by atoms with Crippen LogP contribution >= 0.6 is 11.3 Å². The van der Waals surface area contributed by atoms with E-state index in [4.69, 9.17) is 4.74 Å². The molecular formula is C21H24N4O2S. The molecule has 7 heteroatoms. The van der Waals surface area contributed by atoms with E-state index in [1.165, 1.54) is 17.0 Å². The first kappa shape index (κ1) is 18.7. The Balaban J connectivity index is 1.39. The Morgan fingerprint density at radius 2 is 2.14 bits per heavy atom. The maximum atomic E-state index is 12.6. The first-order valence-electron chi connectivity index (χ1n) is 9.39. The highest BCUT2D eigenvalue weighted by molar-refractivity contribution is 7.14. The van der Waals surface area contributed by atoms with Crippen molar-refractivity contribution in [3.05, 3.63) is 53.7 Å². The molecule has 6 nitrogen and oxygen atoms in total. The molecule has 146 valence electrons. The van der Waals surface area contributed by atoms with Crippen molar-refractivity contribution in [1.82, 2.24) is 14.5 Å². The van der Waals surface area contributed by atoms with Crippen LogP contribution in [0.25, 0.3) is 11.3 Å². The number of hydrogen-bond donors (Lipinski definition) is 1. The highest BCUT2D eigenvalue weighted by atomic mass is 32.1. The summed E-state index contributed by atoms with van der Waals surface area (Å²) < 4.78 is 7.33. The minimum absolute atomic E-state index is 0.0169. The maximum absolute atomic E-state index is 12.6. The second-order valence-corrected chi connectivity index (χ2v) is 7.85. The molecule has 1 aliphatic rings. The molecular weight excluding hydrogens is 372 g/mol. The average Bonchev–Trinajstić information content (AvgIpc) is 3.43. The normalized spacial score (nSPS) is 17.0. The first-order chi connectivity index (χ1) is 13.6. The lowest BCUT2D eigenvalue weighted by molar-refractivity contribution is -0.117. The van der Waals surface area contributed by atoms with Crippen LogP contribution in [0, 0.1) is 0 Å². The van der Waals surface area contributed by atoms with Gasteiger partial charge < -0.3 is 14.6 Å². The van der Waals surface area contributed by atoms with Crippen LogP contribution < -0.4 is 10.1 Å². The zero-order valence-corrected chi connectivity index (χ0v) is 16.9. The van der Waals surface area contributed by atoms with Crippen molar-refractivity contribution < 1.29 is 9.53 Å². The van der Waals surface area contributed by atoms with E-state index in [0.29, 0.717) is 17.7 Å². The lowest BCUT2D eigenvalue weighted by Crippen LogP contribution is -2.33. The van der Waals surface area contributed by atoms with Gasteiger partial charge in [0.2, 0.25) is 5.91 Å². The second kappa shape index (κ2) is 8.16. The number of ether oxygens (including phenoxy) is 1. The van der Waals surface area contributed by atoms with Gasteiger partial charge in [-0.05, 0) is 55.8 Å². The number of thiazole rings is 1. The zero-order valence-electron chi connectivity index (χ0n) is 16.1. The lowest BCUT2D eigenvalue weighted by atomic mass is 10.1. The Morgan fingerprint density at radius 1 is 1.32 bits per heavy atom. The monoisotopic (exact) mass is 396 g/mol. The third kappa shape index (κ3) is 3.95. The summed E-state index contributed by atoms with van der Waals surface area (Å²) in [5.41, 5.74) is 3.12. The van der Waals surface area contributed by atoms with Gasteiger partial charge in [-0.1, -0.05) is 0 Å². The second-order valence-electron chi connectivity index (χ2n) is 6.99. The fourth-order valence-corrected chi connectivity index (χ4v) is 4.48.